The van der Waals surface area contributed by atoms with E-state index in [2.05, 4.69) is 26.0 Å². The number of amides is 2. The number of hydrogen-bond donors (Lipinski definition) is 3. The number of rotatable bonds is 9. The first-order chi connectivity index (χ1) is 15.0. The normalized spacial score (nSPS) is 10.6. The number of ether oxygens (including phenoxy) is 1. The Balaban J connectivity index is 1.90. The van der Waals surface area contributed by atoms with Crippen LogP contribution in [0.1, 0.15) is 24.2 Å². The lowest BCUT2D eigenvalue weighted by molar-refractivity contribution is -0.128. The second-order valence-electron chi connectivity index (χ2n) is 6.72. The van der Waals surface area contributed by atoms with Gasteiger partial charge in [0.25, 0.3) is 5.91 Å². The van der Waals surface area contributed by atoms with Gasteiger partial charge in [0.15, 0.2) is 5.65 Å². The van der Waals surface area contributed by atoms with E-state index in [-0.39, 0.29) is 18.0 Å². The molecule has 0 unspecified atom stereocenters. The SMILES string of the molecule is CCOc1ccccc1Nc1cc(NC)n2ncc(C(=O)NCC(=O)N(C)CC)c2n1. The summed E-state index contributed by atoms with van der Waals surface area (Å²) >= 11 is 0. The molecule has 0 radical (unpaired) electrons. The summed E-state index contributed by atoms with van der Waals surface area (Å²) in [7, 11) is 3.44. The van der Waals surface area contributed by atoms with Gasteiger partial charge >= 0.3 is 0 Å². The van der Waals surface area contributed by atoms with Crippen molar-refractivity contribution >= 4 is 34.8 Å². The quantitative estimate of drug-likeness (QED) is 0.481. The van der Waals surface area contributed by atoms with Crippen LogP contribution in [-0.4, -0.2) is 65.1 Å². The van der Waals surface area contributed by atoms with Crippen molar-refractivity contribution in [1.29, 1.82) is 0 Å². The van der Waals surface area contributed by atoms with Crippen molar-refractivity contribution in [2.24, 2.45) is 0 Å². The maximum absolute atomic E-state index is 12.7. The van der Waals surface area contributed by atoms with Gasteiger partial charge in [0.1, 0.15) is 22.9 Å². The van der Waals surface area contributed by atoms with E-state index in [4.69, 9.17) is 4.74 Å². The molecule has 31 heavy (non-hydrogen) atoms. The summed E-state index contributed by atoms with van der Waals surface area (Å²) in [4.78, 5) is 30.8. The molecule has 1 aromatic carbocycles. The number of likely N-dealkylation sites (N-methyl/N-ethyl adjacent to an activating group) is 1. The molecule has 164 valence electrons. The Morgan fingerprint density at radius 3 is 2.71 bits per heavy atom. The molecule has 0 atom stereocenters. The predicted octanol–water partition coefficient (Wildman–Crippen LogP) is 2.12. The number of nitrogens with zero attached hydrogens (tertiary/aromatic N) is 4. The summed E-state index contributed by atoms with van der Waals surface area (Å²) in [5.74, 6) is 1.26. The molecule has 2 heterocycles. The number of aromatic nitrogens is 3. The number of benzene rings is 1. The molecular weight excluding hydrogens is 398 g/mol. The van der Waals surface area contributed by atoms with Crippen LogP contribution in [0.4, 0.5) is 17.3 Å². The number of nitrogens with one attached hydrogen (secondary N) is 3. The van der Waals surface area contributed by atoms with Crippen LogP contribution in [0.5, 0.6) is 5.75 Å². The predicted molar refractivity (Wildman–Crippen MR) is 119 cm³/mol. The van der Waals surface area contributed by atoms with E-state index in [1.807, 2.05) is 38.1 Å². The molecule has 0 saturated heterocycles. The van der Waals surface area contributed by atoms with Crippen molar-refractivity contribution in [2.45, 2.75) is 13.8 Å². The third kappa shape index (κ3) is 4.85. The highest BCUT2D eigenvalue weighted by Crippen LogP contribution is 2.28. The van der Waals surface area contributed by atoms with Gasteiger partial charge in [-0.2, -0.15) is 9.61 Å². The van der Waals surface area contributed by atoms with Crippen LogP contribution >= 0.6 is 0 Å². The van der Waals surface area contributed by atoms with Gasteiger partial charge in [0.05, 0.1) is 25.0 Å². The third-order valence-electron chi connectivity index (χ3n) is 4.72. The third-order valence-corrected chi connectivity index (χ3v) is 4.72. The van der Waals surface area contributed by atoms with Gasteiger partial charge in [-0.15, -0.1) is 0 Å². The number of anilines is 3. The van der Waals surface area contributed by atoms with E-state index in [0.29, 0.717) is 36.2 Å². The van der Waals surface area contributed by atoms with Crippen molar-refractivity contribution in [2.75, 3.05) is 44.4 Å². The van der Waals surface area contributed by atoms with Crippen LogP contribution in [-0.2, 0) is 4.79 Å². The van der Waals surface area contributed by atoms with Gasteiger partial charge in [-0.25, -0.2) is 4.98 Å². The number of hydrogen-bond acceptors (Lipinski definition) is 7. The fraction of sp³-hybridized carbons (Fsp3) is 0.333. The smallest absolute Gasteiger partial charge is 0.257 e. The average Bonchev–Trinajstić information content (AvgIpc) is 3.21. The molecule has 0 spiro atoms. The molecule has 0 aliphatic rings. The molecule has 0 saturated carbocycles. The zero-order chi connectivity index (χ0) is 22.4. The molecule has 3 N–H and O–H groups in total. The number of fused-ring (bicyclic) bond motifs is 1. The molecule has 10 heteroatoms. The summed E-state index contributed by atoms with van der Waals surface area (Å²) in [5.41, 5.74) is 1.38. The summed E-state index contributed by atoms with van der Waals surface area (Å²) in [6, 6.07) is 9.32. The lowest BCUT2D eigenvalue weighted by atomic mass is 10.3. The van der Waals surface area contributed by atoms with Gasteiger partial charge in [0, 0.05) is 26.7 Å². The van der Waals surface area contributed by atoms with Gasteiger partial charge in [0.2, 0.25) is 5.91 Å². The van der Waals surface area contributed by atoms with Gasteiger partial charge < -0.3 is 25.6 Å². The number of para-hydroxylation sites is 2. The van der Waals surface area contributed by atoms with Gasteiger partial charge in [-0.3, -0.25) is 9.59 Å². The minimum absolute atomic E-state index is 0.0981. The van der Waals surface area contributed by atoms with E-state index >= 15 is 0 Å². The summed E-state index contributed by atoms with van der Waals surface area (Å²) in [6.07, 6.45) is 1.43. The molecular formula is C21H27N7O3. The molecule has 0 aliphatic carbocycles. The first kappa shape index (κ1) is 21.9. The lowest BCUT2D eigenvalue weighted by Gasteiger charge is -2.15. The van der Waals surface area contributed by atoms with Crippen molar-refractivity contribution in [3.63, 3.8) is 0 Å². The van der Waals surface area contributed by atoms with Crippen LogP contribution in [0.3, 0.4) is 0 Å². The van der Waals surface area contributed by atoms with E-state index < -0.39 is 5.91 Å². The van der Waals surface area contributed by atoms with E-state index in [9.17, 15) is 9.59 Å². The average molecular weight is 425 g/mol. The molecule has 0 fully saturated rings. The van der Waals surface area contributed by atoms with Crippen LogP contribution in [0.25, 0.3) is 5.65 Å². The second kappa shape index (κ2) is 9.79. The zero-order valence-electron chi connectivity index (χ0n) is 18.1. The second-order valence-corrected chi connectivity index (χ2v) is 6.72. The Kier molecular flexibility index (Phi) is 6.91. The van der Waals surface area contributed by atoms with Gasteiger partial charge in [-0.05, 0) is 26.0 Å². The molecule has 2 aromatic heterocycles. The highest BCUT2D eigenvalue weighted by molar-refractivity contribution is 6.01. The Bertz CT molecular complexity index is 1080. The maximum atomic E-state index is 12.7. The fourth-order valence-electron chi connectivity index (χ4n) is 2.92. The van der Waals surface area contributed by atoms with Gasteiger partial charge in [-0.1, -0.05) is 12.1 Å². The largest absolute Gasteiger partial charge is 0.492 e. The molecule has 3 aromatic rings. The molecule has 0 aliphatic heterocycles. The standard InChI is InChI=1S/C21H27N7O3/c1-5-27(4)19(29)13-23-21(30)14-12-24-28-18(22-3)11-17(26-20(14)28)25-15-9-7-8-10-16(15)31-6-2/h7-12,22H,5-6,13H2,1-4H3,(H,23,30)(H,25,26). The van der Waals surface area contributed by atoms with Crippen LogP contribution in [0, 0.1) is 0 Å². The zero-order valence-corrected chi connectivity index (χ0v) is 18.1. The first-order valence-corrected chi connectivity index (χ1v) is 10.1. The van der Waals surface area contributed by atoms with Crippen molar-refractivity contribution < 1.29 is 14.3 Å². The minimum Gasteiger partial charge on any atom is -0.492 e. The van der Waals surface area contributed by atoms with Crippen LogP contribution < -0.4 is 20.7 Å². The lowest BCUT2D eigenvalue weighted by Crippen LogP contribution is -2.38. The molecule has 0 bridgehead atoms. The van der Waals surface area contributed by atoms with E-state index in [1.54, 1.807) is 20.2 Å². The van der Waals surface area contributed by atoms with Crippen molar-refractivity contribution in [3.05, 3.63) is 42.1 Å². The monoisotopic (exact) mass is 425 g/mol. The van der Waals surface area contributed by atoms with E-state index in [0.717, 1.165) is 5.69 Å². The summed E-state index contributed by atoms with van der Waals surface area (Å²) < 4.78 is 7.20. The minimum atomic E-state index is -0.422. The highest BCUT2D eigenvalue weighted by Gasteiger charge is 2.18. The number of carbonyl (C=O) groups excluding carboxylic acids is 2. The Morgan fingerprint density at radius 1 is 1.23 bits per heavy atom. The number of carbonyl (C=O) groups is 2. The van der Waals surface area contributed by atoms with Crippen LogP contribution in [0.2, 0.25) is 0 Å². The van der Waals surface area contributed by atoms with E-state index in [1.165, 1.54) is 15.6 Å². The Morgan fingerprint density at radius 2 is 2.00 bits per heavy atom. The van der Waals surface area contributed by atoms with Crippen molar-refractivity contribution in [3.8, 4) is 5.75 Å². The molecule has 2 amide bonds. The topological polar surface area (TPSA) is 113 Å². The van der Waals surface area contributed by atoms with Crippen LogP contribution in [0.15, 0.2) is 36.5 Å². The molecule has 10 nitrogen and oxygen atoms in total. The highest BCUT2D eigenvalue weighted by atomic mass is 16.5. The fourth-order valence-corrected chi connectivity index (χ4v) is 2.92. The summed E-state index contributed by atoms with van der Waals surface area (Å²) in [6.45, 7) is 4.79. The maximum Gasteiger partial charge on any atom is 0.257 e. The Hall–Kier alpha value is -3.82. The first-order valence-electron chi connectivity index (χ1n) is 10.1. The Labute approximate surface area is 180 Å². The van der Waals surface area contributed by atoms with Crippen molar-refractivity contribution in [1.82, 2.24) is 24.8 Å². The summed E-state index contributed by atoms with van der Waals surface area (Å²) in [5, 5.41) is 13.2. The molecule has 3 rings (SSSR count).